The van der Waals surface area contributed by atoms with E-state index in [1.54, 1.807) is 19.2 Å². The first kappa shape index (κ1) is 12.9. The van der Waals surface area contributed by atoms with Crippen LogP contribution in [0, 0.1) is 5.92 Å². The first-order chi connectivity index (χ1) is 8.71. The summed E-state index contributed by atoms with van der Waals surface area (Å²) in [5.74, 6) is 1.07. The lowest BCUT2D eigenvalue weighted by Gasteiger charge is -2.37. The van der Waals surface area contributed by atoms with Gasteiger partial charge >= 0.3 is 0 Å². The fourth-order valence-electron chi connectivity index (χ4n) is 2.00. The van der Waals surface area contributed by atoms with E-state index in [1.165, 1.54) is 0 Å². The number of rotatable bonds is 5. The molecule has 1 saturated heterocycles. The van der Waals surface area contributed by atoms with Gasteiger partial charge in [-0.05, 0) is 24.3 Å². The van der Waals surface area contributed by atoms with Gasteiger partial charge in [-0.3, -0.25) is 9.69 Å². The van der Waals surface area contributed by atoms with Gasteiger partial charge in [-0.15, -0.1) is 0 Å². The van der Waals surface area contributed by atoms with E-state index in [-0.39, 0.29) is 12.5 Å². The molecular weight excluding hydrogens is 232 g/mol. The molecular formula is C13H18N2O3. The molecule has 98 valence electrons. The minimum absolute atomic E-state index is 0.0310. The first-order valence-electron chi connectivity index (χ1n) is 5.98. The van der Waals surface area contributed by atoms with Crippen LogP contribution in [0.4, 0.5) is 5.69 Å². The number of carbonyl (C=O) groups excluding carboxylic acids is 1. The summed E-state index contributed by atoms with van der Waals surface area (Å²) in [4.78, 5) is 13.7. The number of nitrogens with one attached hydrogen (secondary N) is 1. The summed E-state index contributed by atoms with van der Waals surface area (Å²) in [6, 6.07) is 7.23. The number of hydrogen-bond acceptors (Lipinski definition) is 4. The van der Waals surface area contributed by atoms with E-state index in [4.69, 9.17) is 9.84 Å². The van der Waals surface area contributed by atoms with Crippen LogP contribution in [0.1, 0.15) is 0 Å². The predicted octanol–water partition coefficient (Wildman–Crippen LogP) is 0.558. The van der Waals surface area contributed by atoms with Gasteiger partial charge in [0.25, 0.3) is 0 Å². The highest BCUT2D eigenvalue weighted by Gasteiger charge is 2.27. The number of benzene rings is 1. The van der Waals surface area contributed by atoms with Crippen LogP contribution in [0.5, 0.6) is 5.75 Å². The van der Waals surface area contributed by atoms with Gasteiger partial charge < -0.3 is 15.2 Å². The van der Waals surface area contributed by atoms with Crippen LogP contribution in [0.3, 0.4) is 0 Å². The summed E-state index contributed by atoms with van der Waals surface area (Å²) in [5.41, 5.74) is 0.764. The van der Waals surface area contributed by atoms with Crippen LogP contribution in [0.25, 0.3) is 0 Å². The normalized spacial score (nSPS) is 16.1. The Hall–Kier alpha value is -1.59. The van der Waals surface area contributed by atoms with Crippen molar-refractivity contribution in [2.75, 3.05) is 38.7 Å². The predicted molar refractivity (Wildman–Crippen MR) is 68.6 cm³/mol. The smallest absolute Gasteiger partial charge is 0.238 e. The van der Waals surface area contributed by atoms with Crippen LogP contribution >= 0.6 is 0 Å². The molecule has 18 heavy (non-hydrogen) atoms. The number of likely N-dealkylation sites (tertiary alicyclic amines) is 1. The Morgan fingerprint density at radius 2 is 2.11 bits per heavy atom. The summed E-state index contributed by atoms with van der Waals surface area (Å²) < 4.78 is 5.04. The molecule has 2 rings (SSSR count). The maximum absolute atomic E-state index is 11.7. The molecule has 1 heterocycles. The van der Waals surface area contributed by atoms with Gasteiger partial charge in [-0.2, -0.15) is 0 Å². The van der Waals surface area contributed by atoms with E-state index in [2.05, 4.69) is 5.32 Å². The Balaban J connectivity index is 1.77. The molecule has 0 saturated carbocycles. The Morgan fingerprint density at radius 3 is 2.67 bits per heavy atom. The average molecular weight is 250 g/mol. The number of aliphatic hydroxyl groups excluding tert-OH is 1. The SMILES string of the molecule is COc1ccc(NC(=O)CN2CC(CO)C2)cc1. The highest BCUT2D eigenvalue weighted by Crippen LogP contribution is 2.16. The van der Waals surface area contributed by atoms with Gasteiger partial charge in [-0.1, -0.05) is 0 Å². The Bertz CT molecular complexity index is 399. The molecule has 0 aliphatic carbocycles. The average Bonchev–Trinajstić information content (AvgIpc) is 2.34. The monoisotopic (exact) mass is 250 g/mol. The van der Waals surface area contributed by atoms with E-state index in [9.17, 15) is 4.79 Å². The second-order valence-corrected chi connectivity index (χ2v) is 4.52. The Kier molecular flexibility index (Phi) is 4.17. The molecule has 1 aliphatic heterocycles. The minimum atomic E-state index is -0.0310. The van der Waals surface area contributed by atoms with Gasteiger partial charge in [0.2, 0.25) is 5.91 Å². The van der Waals surface area contributed by atoms with Crippen molar-refractivity contribution in [2.45, 2.75) is 0 Å². The van der Waals surface area contributed by atoms with Crippen LogP contribution in [-0.4, -0.2) is 49.3 Å². The van der Waals surface area contributed by atoms with Crippen molar-refractivity contribution in [1.29, 1.82) is 0 Å². The molecule has 5 heteroatoms. The third kappa shape index (κ3) is 3.21. The zero-order valence-electron chi connectivity index (χ0n) is 10.4. The van der Waals surface area contributed by atoms with E-state index < -0.39 is 0 Å². The van der Waals surface area contributed by atoms with Crippen molar-refractivity contribution in [2.24, 2.45) is 5.92 Å². The lowest BCUT2D eigenvalue weighted by atomic mass is 10.0. The number of nitrogens with zero attached hydrogens (tertiary/aromatic N) is 1. The van der Waals surface area contributed by atoms with Gasteiger partial charge in [0.15, 0.2) is 0 Å². The molecule has 5 nitrogen and oxygen atoms in total. The second-order valence-electron chi connectivity index (χ2n) is 4.52. The molecule has 1 fully saturated rings. The molecule has 0 radical (unpaired) electrons. The quantitative estimate of drug-likeness (QED) is 0.801. The van der Waals surface area contributed by atoms with Crippen LogP contribution in [0.15, 0.2) is 24.3 Å². The lowest BCUT2D eigenvalue weighted by molar-refractivity contribution is -0.119. The number of carbonyl (C=O) groups is 1. The van der Waals surface area contributed by atoms with Gasteiger partial charge in [0, 0.05) is 31.3 Å². The zero-order chi connectivity index (χ0) is 13.0. The molecule has 0 spiro atoms. The molecule has 0 unspecified atom stereocenters. The largest absolute Gasteiger partial charge is 0.497 e. The van der Waals surface area contributed by atoms with E-state index >= 15 is 0 Å². The third-order valence-corrected chi connectivity index (χ3v) is 3.03. The summed E-state index contributed by atoms with van der Waals surface area (Å²) in [6.07, 6.45) is 0. The van der Waals surface area contributed by atoms with Crippen molar-refractivity contribution < 1.29 is 14.6 Å². The highest BCUT2D eigenvalue weighted by molar-refractivity contribution is 5.92. The summed E-state index contributed by atoms with van der Waals surface area (Å²) in [5, 5.41) is 11.7. The minimum Gasteiger partial charge on any atom is -0.497 e. The topological polar surface area (TPSA) is 61.8 Å². The van der Waals surface area contributed by atoms with Crippen molar-refractivity contribution in [3.63, 3.8) is 0 Å². The van der Waals surface area contributed by atoms with E-state index in [1.807, 2.05) is 17.0 Å². The Labute approximate surface area is 106 Å². The van der Waals surface area contributed by atoms with Crippen LogP contribution in [0.2, 0.25) is 0 Å². The number of amides is 1. The summed E-state index contributed by atoms with van der Waals surface area (Å²) in [6.45, 7) is 2.18. The van der Waals surface area contributed by atoms with Gasteiger partial charge in [0.05, 0.1) is 13.7 Å². The number of methoxy groups -OCH3 is 1. The van der Waals surface area contributed by atoms with Crippen LogP contribution < -0.4 is 10.1 Å². The summed E-state index contributed by atoms with van der Waals surface area (Å²) in [7, 11) is 1.61. The molecule has 1 aromatic carbocycles. The lowest BCUT2D eigenvalue weighted by Crippen LogP contribution is -2.51. The van der Waals surface area contributed by atoms with Crippen molar-refractivity contribution in [3.8, 4) is 5.75 Å². The van der Waals surface area contributed by atoms with Gasteiger partial charge in [-0.25, -0.2) is 0 Å². The van der Waals surface area contributed by atoms with Crippen LogP contribution in [-0.2, 0) is 4.79 Å². The zero-order valence-corrected chi connectivity index (χ0v) is 10.4. The van der Waals surface area contributed by atoms with E-state index in [0.29, 0.717) is 12.5 Å². The maximum Gasteiger partial charge on any atom is 0.238 e. The number of hydrogen-bond donors (Lipinski definition) is 2. The van der Waals surface area contributed by atoms with Crippen molar-refractivity contribution >= 4 is 11.6 Å². The fourth-order valence-corrected chi connectivity index (χ4v) is 2.00. The number of anilines is 1. The number of aliphatic hydroxyl groups is 1. The van der Waals surface area contributed by atoms with E-state index in [0.717, 1.165) is 24.5 Å². The maximum atomic E-state index is 11.7. The van der Waals surface area contributed by atoms with Crippen molar-refractivity contribution in [3.05, 3.63) is 24.3 Å². The van der Waals surface area contributed by atoms with Crippen molar-refractivity contribution in [1.82, 2.24) is 4.90 Å². The molecule has 0 aromatic heterocycles. The molecule has 1 aromatic rings. The molecule has 2 N–H and O–H groups in total. The fraction of sp³-hybridized carbons (Fsp3) is 0.462. The number of ether oxygens (including phenoxy) is 1. The molecule has 1 amide bonds. The third-order valence-electron chi connectivity index (χ3n) is 3.03. The standard InChI is InChI=1S/C13H18N2O3/c1-18-12-4-2-11(3-5-12)14-13(17)8-15-6-10(7-15)9-16/h2-5,10,16H,6-9H2,1H3,(H,14,17). The first-order valence-corrected chi connectivity index (χ1v) is 5.98. The summed E-state index contributed by atoms with van der Waals surface area (Å²) >= 11 is 0. The second kappa shape index (κ2) is 5.84. The highest BCUT2D eigenvalue weighted by atomic mass is 16.5. The van der Waals surface area contributed by atoms with Gasteiger partial charge in [0.1, 0.15) is 5.75 Å². The molecule has 0 bridgehead atoms. The molecule has 1 aliphatic rings. The molecule has 0 atom stereocenters. The Morgan fingerprint density at radius 1 is 1.44 bits per heavy atom.